The molecule has 0 bridgehead atoms. The zero-order chi connectivity index (χ0) is 15.8. The normalized spacial score (nSPS) is 10.2. The van der Waals surface area contributed by atoms with Crippen LogP contribution in [-0.2, 0) is 11.2 Å². The summed E-state index contributed by atoms with van der Waals surface area (Å²) in [4.78, 5) is 23.3. The Kier molecular flexibility index (Phi) is 5.77. The second kappa shape index (κ2) is 8.02. The lowest BCUT2D eigenvalue weighted by atomic mass is 10.1. The van der Waals surface area contributed by atoms with E-state index in [9.17, 15) is 9.59 Å². The minimum Gasteiger partial charge on any atom is -0.459 e. The largest absolute Gasteiger partial charge is 0.459 e. The zero-order valence-corrected chi connectivity index (χ0v) is 12.6. The molecule has 5 heteroatoms. The van der Waals surface area contributed by atoms with Gasteiger partial charge in [-0.05, 0) is 31.0 Å². The molecule has 0 saturated carbocycles. The Balaban J connectivity index is 1.59. The van der Waals surface area contributed by atoms with Crippen molar-refractivity contribution < 1.29 is 14.0 Å². The molecule has 0 aliphatic carbocycles. The number of amides is 2. The summed E-state index contributed by atoms with van der Waals surface area (Å²) in [5, 5.41) is 5.45. The Bertz CT molecular complexity index is 603. The van der Waals surface area contributed by atoms with Crippen LogP contribution in [0.5, 0.6) is 0 Å². The first-order chi connectivity index (χ1) is 10.6. The fourth-order valence-electron chi connectivity index (χ4n) is 1.97. The molecule has 116 valence electrons. The fraction of sp³-hybridized carbons (Fsp3) is 0.294. The minimum absolute atomic E-state index is 0.0205. The van der Waals surface area contributed by atoms with Gasteiger partial charge in [0.15, 0.2) is 5.76 Å². The summed E-state index contributed by atoms with van der Waals surface area (Å²) in [5.74, 6) is -0.0302. The molecule has 1 aromatic heterocycles. The minimum atomic E-state index is -0.279. The van der Waals surface area contributed by atoms with E-state index in [-0.39, 0.29) is 17.6 Å². The highest BCUT2D eigenvalue weighted by atomic mass is 16.3. The Labute approximate surface area is 129 Å². The van der Waals surface area contributed by atoms with Gasteiger partial charge in [0.25, 0.3) is 5.91 Å². The van der Waals surface area contributed by atoms with Gasteiger partial charge in [0.1, 0.15) is 0 Å². The topological polar surface area (TPSA) is 71.3 Å². The first kappa shape index (κ1) is 15.8. The van der Waals surface area contributed by atoms with Crippen molar-refractivity contribution >= 4 is 11.8 Å². The zero-order valence-electron chi connectivity index (χ0n) is 12.6. The van der Waals surface area contributed by atoms with E-state index in [2.05, 4.69) is 10.6 Å². The van der Waals surface area contributed by atoms with Crippen LogP contribution in [0, 0.1) is 6.92 Å². The molecule has 0 atom stereocenters. The molecule has 22 heavy (non-hydrogen) atoms. The first-order valence-corrected chi connectivity index (χ1v) is 7.29. The maximum Gasteiger partial charge on any atom is 0.287 e. The number of hydrogen-bond acceptors (Lipinski definition) is 3. The number of carbonyl (C=O) groups excluding carboxylic acids is 2. The number of carbonyl (C=O) groups is 2. The van der Waals surface area contributed by atoms with Gasteiger partial charge in [-0.2, -0.15) is 0 Å². The van der Waals surface area contributed by atoms with Crippen molar-refractivity contribution in [3.05, 3.63) is 59.5 Å². The van der Waals surface area contributed by atoms with E-state index < -0.39 is 0 Å². The third-order valence-corrected chi connectivity index (χ3v) is 3.24. The summed E-state index contributed by atoms with van der Waals surface area (Å²) in [6, 6.07) is 11.4. The smallest absolute Gasteiger partial charge is 0.287 e. The van der Waals surface area contributed by atoms with Gasteiger partial charge < -0.3 is 15.1 Å². The molecule has 2 rings (SSSR count). The highest BCUT2D eigenvalue weighted by Crippen LogP contribution is 2.05. The van der Waals surface area contributed by atoms with Crippen molar-refractivity contribution in [1.82, 2.24) is 10.6 Å². The van der Waals surface area contributed by atoms with Crippen molar-refractivity contribution in [3.63, 3.8) is 0 Å². The average Bonchev–Trinajstić information content (AvgIpc) is 3.05. The van der Waals surface area contributed by atoms with Crippen molar-refractivity contribution in [2.24, 2.45) is 0 Å². The molecular weight excluding hydrogens is 280 g/mol. The predicted molar refractivity (Wildman–Crippen MR) is 83.6 cm³/mol. The van der Waals surface area contributed by atoms with E-state index in [0.717, 1.165) is 5.56 Å². The summed E-state index contributed by atoms with van der Waals surface area (Å²) < 4.78 is 4.97. The number of hydrogen-bond donors (Lipinski definition) is 2. The lowest BCUT2D eigenvalue weighted by Gasteiger charge is -2.06. The van der Waals surface area contributed by atoms with Crippen LogP contribution < -0.4 is 10.6 Å². The standard InChI is InChI=1S/C17H20N2O3/c1-13-4-6-14(7-5-13)8-9-16(20)18-10-11-19-17(21)15-3-2-12-22-15/h2-7,12H,8-11H2,1H3,(H,18,20)(H,19,21). The van der Waals surface area contributed by atoms with Gasteiger partial charge in [0, 0.05) is 19.5 Å². The van der Waals surface area contributed by atoms with Gasteiger partial charge in [-0.15, -0.1) is 0 Å². The van der Waals surface area contributed by atoms with E-state index >= 15 is 0 Å². The second-order valence-electron chi connectivity index (χ2n) is 5.07. The summed E-state index contributed by atoms with van der Waals surface area (Å²) in [5.41, 5.74) is 2.35. The second-order valence-corrected chi connectivity index (χ2v) is 5.07. The van der Waals surface area contributed by atoms with Gasteiger partial charge in [-0.1, -0.05) is 29.8 Å². The van der Waals surface area contributed by atoms with E-state index in [0.29, 0.717) is 25.9 Å². The molecule has 5 nitrogen and oxygen atoms in total. The number of nitrogens with one attached hydrogen (secondary N) is 2. The predicted octanol–water partition coefficient (Wildman–Crippen LogP) is 2.07. The third-order valence-electron chi connectivity index (χ3n) is 3.24. The maximum atomic E-state index is 11.7. The third kappa shape index (κ3) is 5.09. The molecule has 0 unspecified atom stereocenters. The first-order valence-electron chi connectivity index (χ1n) is 7.29. The summed E-state index contributed by atoms with van der Waals surface area (Å²) in [7, 11) is 0. The van der Waals surface area contributed by atoms with Gasteiger partial charge in [-0.3, -0.25) is 9.59 Å². The lowest BCUT2D eigenvalue weighted by Crippen LogP contribution is -2.34. The summed E-state index contributed by atoms with van der Waals surface area (Å²) >= 11 is 0. The molecule has 0 spiro atoms. The molecule has 0 fully saturated rings. The number of rotatable bonds is 7. The Morgan fingerprint density at radius 3 is 2.45 bits per heavy atom. The van der Waals surface area contributed by atoms with Crippen LogP contribution in [0.25, 0.3) is 0 Å². The fourth-order valence-corrected chi connectivity index (χ4v) is 1.97. The van der Waals surface area contributed by atoms with Crippen LogP contribution in [0.2, 0.25) is 0 Å². The number of aryl methyl sites for hydroxylation is 2. The quantitative estimate of drug-likeness (QED) is 0.769. The SMILES string of the molecule is Cc1ccc(CCC(=O)NCCNC(=O)c2ccco2)cc1. The van der Waals surface area contributed by atoms with Gasteiger partial charge in [-0.25, -0.2) is 0 Å². The van der Waals surface area contributed by atoms with Gasteiger partial charge in [0.2, 0.25) is 5.91 Å². The van der Waals surface area contributed by atoms with Crippen molar-refractivity contribution in [1.29, 1.82) is 0 Å². The molecule has 1 aromatic carbocycles. The van der Waals surface area contributed by atoms with Gasteiger partial charge >= 0.3 is 0 Å². The van der Waals surface area contributed by atoms with E-state index in [1.807, 2.05) is 31.2 Å². The molecule has 0 aliphatic rings. The summed E-state index contributed by atoms with van der Waals surface area (Å²) in [6.07, 6.45) is 2.60. The lowest BCUT2D eigenvalue weighted by molar-refractivity contribution is -0.121. The molecule has 2 amide bonds. The number of furan rings is 1. The van der Waals surface area contributed by atoms with E-state index in [1.54, 1.807) is 12.1 Å². The Hall–Kier alpha value is -2.56. The van der Waals surface area contributed by atoms with Crippen molar-refractivity contribution in [2.45, 2.75) is 19.8 Å². The molecule has 0 radical (unpaired) electrons. The summed E-state index contributed by atoms with van der Waals surface area (Å²) in [6.45, 7) is 2.81. The monoisotopic (exact) mass is 300 g/mol. The van der Waals surface area contributed by atoms with Crippen LogP contribution in [-0.4, -0.2) is 24.9 Å². The van der Waals surface area contributed by atoms with Crippen LogP contribution in [0.1, 0.15) is 28.1 Å². The molecule has 0 saturated heterocycles. The van der Waals surface area contributed by atoms with E-state index in [4.69, 9.17) is 4.42 Å². The highest BCUT2D eigenvalue weighted by Gasteiger charge is 2.07. The number of benzene rings is 1. The van der Waals surface area contributed by atoms with Crippen molar-refractivity contribution in [2.75, 3.05) is 13.1 Å². The molecule has 1 heterocycles. The Morgan fingerprint density at radius 2 is 1.77 bits per heavy atom. The van der Waals surface area contributed by atoms with E-state index in [1.165, 1.54) is 11.8 Å². The Morgan fingerprint density at radius 1 is 1.05 bits per heavy atom. The average molecular weight is 300 g/mol. The maximum absolute atomic E-state index is 11.7. The highest BCUT2D eigenvalue weighted by molar-refractivity contribution is 5.91. The van der Waals surface area contributed by atoms with Crippen LogP contribution >= 0.6 is 0 Å². The molecule has 2 N–H and O–H groups in total. The molecule has 2 aromatic rings. The van der Waals surface area contributed by atoms with Gasteiger partial charge in [0.05, 0.1) is 6.26 Å². The van der Waals surface area contributed by atoms with Crippen LogP contribution in [0.3, 0.4) is 0 Å². The van der Waals surface area contributed by atoms with Crippen LogP contribution in [0.15, 0.2) is 47.1 Å². The van der Waals surface area contributed by atoms with Crippen LogP contribution in [0.4, 0.5) is 0 Å². The van der Waals surface area contributed by atoms with Crippen molar-refractivity contribution in [3.8, 4) is 0 Å². The molecular formula is C17H20N2O3. The molecule has 0 aliphatic heterocycles.